The van der Waals surface area contributed by atoms with Crippen molar-refractivity contribution in [3.05, 3.63) is 106 Å². The maximum absolute atomic E-state index is 13.5. The summed E-state index contributed by atoms with van der Waals surface area (Å²) >= 11 is 3.46. The molecule has 202 valence electrons. The third-order valence-corrected chi connectivity index (χ3v) is 8.52. The summed E-state index contributed by atoms with van der Waals surface area (Å²) in [5, 5.41) is 4.12. The van der Waals surface area contributed by atoms with Crippen molar-refractivity contribution in [2.45, 2.75) is 25.7 Å². The Morgan fingerprint density at radius 1 is 1.00 bits per heavy atom. The first-order chi connectivity index (χ1) is 18.6. The number of hydrogen-bond donors (Lipinski definition) is 1. The molecule has 0 spiro atoms. The molecule has 4 rings (SSSR count). The fourth-order valence-corrected chi connectivity index (χ4v) is 5.83. The fraction of sp³-hybridized carbons (Fsp3) is 0.172. The standard InChI is InChI=1S/C29H29BrN4O4S/c1-20-5-15-28(16-6-20)39(36,37)33(25-11-13-27(38-4)14-12-25)19-29(35)32-31-18-23-17-21(2)34(22(23)3)26-9-7-24(30)8-10-26/h5-18H,19H2,1-4H3,(H,32,35)/b31-18-. The molecule has 0 bridgehead atoms. The number of anilines is 1. The molecule has 8 nitrogen and oxygen atoms in total. The van der Waals surface area contributed by atoms with E-state index in [0.717, 1.165) is 37.0 Å². The Morgan fingerprint density at radius 2 is 1.64 bits per heavy atom. The van der Waals surface area contributed by atoms with Crippen molar-refractivity contribution >= 4 is 43.8 Å². The number of sulfonamides is 1. The number of aromatic nitrogens is 1. The zero-order valence-electron chi connectivity index (χ0n) is 22.1. The summed E-state index contributed by atoms with van der Waals surface area (Å²) in [6.45, 7) is 5.38. The number of methoxy groups -OCH3 is 1. The molecule has 0 fully saturated rings. The molecule has 0 aliphatic heterocycles. The molecule has 3 aromatic carbocycles. The highest BCUT2D eigenvalue weighted by Gasteiger charge is 2.27. The van der Waals surface area contributed by atoms with Crippen molar-refractivity contribution in [1.29, 1.82) is 0 Å². The third-order valence-electron chi connectivity index (χ3n) is 6.20. The average molecular weight is 610 g/mol. The molecule has 1 heterocycles. The molecule has 0 saturated carbocycles. The Kier molecular flexibility index (Phi) is 8.57. The number of nitrogens with zero attached hydrogens (tertiary/aromatic N) is 3. The van der Waals surface area contributed by atoms with Crippen LogP contribution in [0.3, 0.4) is 0 Å². The Morgan fingerprint density at radius 3 is 2.26 bits per heavy atom. The van der Waals surface area contributed by atoms with Crippen molar-refractivity contribution in [2.24, 2.45) is 5.10 Å². The summed E-state index contributed by atoms with van der Waals surface area (Å²) in [7, 11) is -2.51. The van der Waals surface area contributed by atoms with Crippen LogP contribution in [-0.2, 0) is 14.8 Å². The zero-order valence-corrected chi connectivity index (χ0v) is 24.5. The van der Waals surface area contributed by atoms with Crippen molar-refractivity contribution in [1.82, 2.24) is 9.99 Å². The second kappa shape index (κ2) is 11.9. The maximum atomic E-state index is 13.5. The van der Waals surface area contributed by atoms with Gasteiger partial charge in [0, 0.05) is 27.1 Å². The third kappa shape index (κ3) is 6.40. The van der Waals surface area contributed by atoms with Gasteiger partial charge in [-0.2, -0.15) is 5.10 Å². The first kappa shape index (κ1) is 28.1. The van der Waals surface area contributed by atoms with Gasteiger partial charge in [-0.1, -0.05) is 33.6 Å². The number of nitrogens with one attached hydrogen (secondary N) is 1. The van der Waals surface area contributed by atoms with Crippen LogP contribution in [0.4, 0.5) is 5.69 Å². The van der Waals surface area contributed by atoms with Crippen LogP contribution in [0.25, 0.3) is 5.69 Å². The normalized spacial score (nSPS) is 11.5. The van der Waals surface area contributed by atoms with Crippen LogP contribution in [-0.4, -0.2) is 38.8 Å². The van der Waals surface area contributed by atoms with Crippen LogP contribution in [0, 0.1) is 20.8 Å². The molecule has 1 N–H and O–H groups in total. The van der Waals surface area contributed by atoms with Crippen LogP contribution in [0.15, 0.2) is 93.3 Å². The average Bonchev–Trinajstić information content (AvgIpc) is 3.20. The summed E-state index contributed by atoms with van der Waals surface area (Å²) in [5.41, 5.74) is 7.53. The van der Waals surface area contributed by atoms with Gasteiger partial charge in [-0.15, -0.1) is 0 Å². The highest BCUT2D eigenvalue weighted by Crippen LogP contribution is 2.26. The highest BCUT2D eigenvalue weighted by molar-refractivity contribution is 9.10. The lowest BCUT2D eigenvalue weighted by Gasteiger charge is -2.24. The molecule has 0 aliphatic carbocycles. The minimum Gasteiger partial charge on any atom is -0.497 e. The Hall–Kier alpha value is -3.89. The van der Waals surface area contributed by atoms with E-state index in [4.69, 9.17) is 4.74 Å². The van der Waals surface area contributed by atoms with E-state index in [1.165, 1.54) is 19.2 Å². The number of amides is 1. The molecule has 0 radical (unpaired) electrons. The predicted octanol–water partition coefficient (Wildman–Crippen LogP) is 5.52. The molecule has 10 heteroatoms. The largest absolute Gasteiger partial charge is 0.497 e. The number of carbonyl (C=O) groups excluding carboxylic acids is 1. The summed E-state index contributed by atoms with van der Waals surface area (Å²) in [6.07, 6.45) is 1.56. The first-order valence-corrected chi connectivity index (χ1v) is 14.3. The van der Waals surface area contributed by atoms with E-state index >= 15 is 0 Å². The molecule has 39 heavy (non-hydrogen) atoms. The number of hydrogen-bond acceptors (Lipinski definition) is 5. The number of aryl methyl sites for hydroxylation is 2. The van der Waals surface area contributed by atoms with Crippen molar-refractivity contribution in [2.75, 3.05) is 18.0 Å². The number of rotatable bonds is 9. The zero-order chi connectivity index (χ0) is 28.2. The SMILES string of the molecule is COc1ccc(N(CC(=O)N/N=C\c2cc(C)n(-c3ccc(Br)cc3)c2C)S(=O)(=O)c2ccc(C)cc2)cc1. The Bertz CT molecular complexity index is 1590. The predicted molar refractivity (Wildman–Crippen MR) is 157 cm³/mol. The van der Waals surface area contributed by atoms with Gasteiger partial charge in [-0.05, 0) is 87.5 Å². The molecular weight excluding hydrogens is 580 g/mol. The van der Waals surface area contributed by atoms with E-state index in [9.17, 15) is 13.2 Å². The second-order valence-corrected chi connectivity index (χ2v) is 11.7. The molecule has 0 unspecified atom stereocenters. The van der Waals surface area contributed by atoms with Crippen LogP contribution < -0.4 is 14.5 Å². The van der Waals surface area contributed by atoms with Crippen molar-refractivity contribution in [3.63, 3.8) is 0 Å². The van der Waals surface area contributed by atoms with Gasteiger partial charge in [0.2, 0.25) is 0 Å². The number of benzene rings is 3. The Balaban J connectivity index is 1.55. The van der Waals surface area contributed by atoms with Crippen LogP contribution in [0.5, 0.6) is 5.75 Å². The van der Waals surface area contributed by atoms with E-state index in [1.807, 2.05) is 51.1 Å². The van der Waals surface area contributed by atoms with Gasteiger partial charge in [-0.25, -0.2) is 13.8 Å². The first-order valence-electron chi connectivity index (χ1n) is 12.1. The topological polar surface area (TPSA) is 93.0 Å². The Labute approximate surface area is 237 Å². The van der Waals surface area contributed by atoms with Gasteiger partial charge < -0.3 is 9.30 Å². The van der Waals surface area contributed by atoms with Gasteiger partial charge >= 0.3 is 0 Å². The van der Waals surface area contributed by atoms with Gasteiger partial charge in [0.25, 0.3) is 15.9 Å². The smallest absolute Gasteiger partial charge is 0.264 e. The lowest BCUT2D eigenvalue weighted by Crippen LogP contribution is -2.39. The number of carbonyl (C=O) groups is 1. The maximum Gasteiger partial charge on any atom is 0.264 e. The van der Waals surface area contributed by atoms with E-state index in [-0.39, 0.29) is 4.90 Å². The van der Waals surface area contributed by atoms with Gasteiger partial charge in [0.05, 0.1) is 23.9 Å². The minimum atomic E-state index is -4.03. The number of hydrazone groups is 1. The molecule has 1 amide bonds. The van der Waals surface area contributed by atoms with E-state index < -0.39 is 22.5 Å². The molecule has 1 aromatic heterocycles. The molecule has 4 aromatic rings. The van der Waals surface area contributed by atoms with Crippen molar-refractivity contribution in [3.8, 4) is 11.4 Å². The van der Waals surface area contributed by atoms with Gasteiger partial charge in [-0.3, -0.25) is 9.10 Å². The van der Waals surface area contributed by atoms with Gasteiger partial charge in [0.1, 0.15) is 12.3 Å². The van der Waals surface area contributed by atoms with Gasteiger partial charge in [0.15, 0.2) is 0 Å². The molecule has 0 aliphatic rings. The van der Waals surface area contributed by atoms with Crippen molar-refractivity contribution < 1.29 is 17.9 Å². The monoisotopic (exact) mass is 608 g/mol. The second-order valence-electron chi connectivity index (χ2n) is 8.95. The highest BCUT2D eigenvalue weighted by atomic mass is 79.9. The van der Waals surface area contributed by atoms with E-state index in [2.05, 4.69) is 31.0 Å². The number of halogens is 1. The summed E-state index contributed by atoms with van der Waals surface area (Å²) in [6, 6.07) is 22.9. The minimum absolute atomic E-state index is 0.0839. The summed E-state index contributed by atoms with van der Waals surface area (Å²) in [4.78, 5) is 13.0. The lowest BCUT2D eigenvalue weighted by atomic mass is 10.2. The fourth-order valence-electron chi connectivity index (χ4n) is 4.15. The summed E-state index contributed by atoms with van der Waals surface area (Å²) in [5.74, 6) is -0.0132. The molecule has 0 atom stereocenters. The quantitative estimate of drug-likeness (QED) is 0.200. The molecular formula is C29H29BrN4O4S. The van der Waals surface area contributed by atoms with E-state index in [1.54, 1.807) is 42.6 Å². The molecule has 0 saturated heterocycles. The van der Waals surface area contributed by atoms with Crippen LogP contribution in [0.1, 0.15) is 22.5 Å². The number of ether oxygens (including phenoxy) is 1. The van der Waals surface area contributed by atoms with E-state index in [0.29, 0.717) is 11.4 Å². The van der Waals surface area contributed by atoms with Crippen LogP contribution in [0.2, 0.25) is 0 Å². The van der Waals surface area contributed by atoms with Crippen LogP contribution >= 0.6 is 15.9 Å². The lowest BCUT2D eigenvalue weighted by molar-refractivity contribution is -0.119. The summed E-state index contributed by atoms with van der Waals surface area (Å²) < 4.78 is 36.4.